The first-order chi connectivity index (χ1) is 17.5. The molecule has 2 aliphatic rings. The van der Waals surface area contributed by atoms with Crippen molar-refractivity contribution in [3.05, 3.63) is 82.8 Å². The number of nitrogens with zero attached hydrogens (tertiary/aromatic N) is 2. The molecule has 1 aromatic heterocycles. The largest absolute Gasteiger partial charge is 0.478 e. The van der Waals surface area contributed by atoms with Crippen LogP contribution in [0.2, 0.25) is 0 Å². The summed E-state index contributed by atoms with van der Waals surface area (Å²) < 4.78 is 51.3. The van der Waals surface area contributed by atoms with Gasteiger partial charge in [0.05, 0.1) is 24.6 Å². The highest BCUT2D eigenvalue weighted by atomic mass is 19.4. The van der Waals surface area contributed by atoms with Crippen molar-refractivity contribution in [1.29, 1.82) is 0 Å². The molecular formula is C25H22F3N3O6. The number of aromatic carboxylic acids is 1. The van der Waals surface area contributed by atoms with Crippen LogP contribution in [0.1, 0.15) is 32.7 Å². The number of carbonyl (C=O) groups is 1. The molecule has 0 amide bonds. The second-order valence-electron chi connectivity index (χ2n) is 8.99. The van der Waals surface area contributed by atoms with Gasteiger partial charge in [0, 0.05) is 12.0 Å². The number of benzene rings is 2. The SMILES string of the molecule is O=C(O)c1ccc(Cc2ccc3c(c2)CC2(OC[C@H](O)[C@H](O)[C@H]2Nc2cncc(C(F)(F)F)n2)O3)cc1. The Labute approximate surface area is 208 Å². The number of carboxylic acid groups (broad SMARTS) is 1. The van der Waals surface area contributed by atoms with E-state index in [1.807, 2.05) is 12.1 Å². The average Bonchev–Trinajstić information content (AvgIpc) is 3.23. The molecule has 0 aliphatic carbocycles. The van der Waals surface area contributed by atoms with Crippen LogP contribution in [-0.2, 0) is 23.8 Å². The number of aromatic nitrogens is 2. The number of hydrogen-bond donors (Lipinski definition) is 4. The lowest BCUT2D eigenvalue weighted by Crippen LogP contribution is -2.66. The molecule has 194 valence electrons. The standard InChI is InChI=1S/C25H22F3N3O6/c26-25(27,28)19-10-29-11-20(30-19)31-22-21(33)17(32)12-36-24(22)9-16-8-14(3-6-18(16)37-24)7-13-1-4-15(5-2-13)23(34)35/h1-6,8,10-11,17,21-22,32-33H,7,9,12H2,(H,30,31)(H,34,35)/t17-,21-,22+,24?/m0/s1. The first-order valence-corrected chi connectivity index (χ1v) is 11.3. The van der Waals surface area contributed by atoms with Crippen LogP contribution in [-0.4, -0.2) is 61.9 Å². The van der Waals surface area contributed by atoms with Crippen LogP contribution in [0.4, 0.5) is 19.0 Å². The Balaban J connectivity index is 1.39. The number of anilines is 1. The van der Waals surface area contributed by atoms with E-state index in [0.29, 0.717) is 18.4 Å². The predicted molar refractivity (Wildman–Crippen MR) is 122 cm³/mol. The van der Waals surface area contributed by atoms with Crippen molar-refractivity contribution in [3.63, 3.8) is 0 Å². The van der Waals surface area contributed by atoms with E-state index in [4.69, 9.17) is 14.6 Å². The van der Waals surface area contributed by atoms with Crippen molar-refractivity contribution in [2.24, 2.45) is 0 Å². The van der Waals surface area contributed by atoms with Crippen LogP contribution in [0.25, 0.3) is 0 Å². The number of hydrogen-bond acceptors (Lipinski definition) is 8. The van der Waals surface area contributed by atoms with Gasteiger partial charge in [0.2, 0.25) is 5.79 Å². The van der Waals surface area contributed by atoms with Crippen molar-refractivity contribution in [2.75, 3.05) is 11.9 Å². The van der Waals surface area contributed by atoms with Gasteiger partial charge in [0.25, 0.3) is 0 Å². The second kappa shape index (κ2) is 9.29. The summed E-state index contributed by atoms with van der Waals surface area (Å²) in [7, 11) is 0. The average molecular weight is 517 g/mol. The molecule has 5 rings (SSSR count). The van der Waals surface area contributed by atoms with E-state index in [9.17, 15) is 28.2 Å². The summed E-state index contributed by atoms with van der Waals surface area (Å²) >= 11 is 0. The highest BCUT2D eigenvalue weighted by molar-refractivity contribution is 5.87. The molecule has 1 fully saturated rings. The Morgan fingerprint density at radius 3 is 2.54 bits per heavy atom. The van der Waals surface area contributed by atoms with Crippen LogP contribution in [0.15, 0.2) is 54.9 Å². The molecule has 1 saturated heterocycles. The third kappa shape index (κ3) is 4.95. The normalized spacial score (nSPS) is 24.9. The minimum absolute atomic E-state index is 0.141. The number of rotatable bonds is 5. The Morgan fingerprint density at radius 1 is 1.11 bits per heavy atom. The number of alkyl halides is 3. The summed E-state index contributed by atoms with van der Waals surface area (Å²) in [5.41, 5.74) is 1.52. The summed E-state index contributed by atoms with van der Waals surface area (Å²) in [5, 5.41) is 32.8. The topological polar surface area (TPSA) is 134 Å². The van der Waals surface area contributed by atoms with E-state index < -0.39 is 41.9 Å². The van der Waals surface area contributed by atoms with E-state index in [1.165, 1.54) is 12.1 Å². The van der Waals surface area contributed by atoms with Gasteiger partial charge in [-0.3, -0.25) is 4.98 Å². The van der Waals surface area contributed by atoms with Gasteiger partial charge < -0.3 is 30.1 Å². The lowest BCUT2D eigenvalue weighted by atomic mass is 9.90. The fourth-order valence-corrected chi connectivity index (χ4v) is 4.55. The number of carboxylic acids is 1. The fourth-order valence-electron chi connectivity index (χ4n) is 4.55. The number of ether oxygens (including phenoxy) is 2. The molecule has 3 heterocycles. The van der Waals surface area contributed by atoms with Crippen molar-refractivity contribution in [2.45, 2.75) is 43.1 Å². The maximum atomic E-state index is 13.1. The smallest absolute Gasteiger partial charge is 0.434 e. The zero-order valence-electron chi connectivity index (χ0n) is 19.1. The Morgan fingerprint density at radius 2 is 1.84 bits per heavy atom. The van der Waals surface area contributed by atoms with Gasteiger partial charge in [-0.25, -0.2) is 9.78 Å². The molecule has 4 atom stereocenters. The van der Waals surface area contributed by atoms with Gasteiger partial charge in [0.1, 0.15) is 29.8 Å². The highest BCUT2D eigenvalue weighted by Crippen LogP contribution is 2.42. The molecule has 1 spiro atoms. The van der Waals surface area contributed by atoms with Gasteiger partial charge >= 0.3 is 12.1 Å². The summed E-state index contributed by atoms with van der Waals surface area (Å²) in [5.74, 6) is -2.32. The summed E-state index contributed by atoms with van der Waals surface area (Å²) in [4.78, 5) is 18.2. The molecule has 3 aromatic rings. The van der Waals surface area contributed by atoms with Crippen molar-refractivity contribution >= 4 is 11.8 Å². The number of halogens is 3. The van der Waals surface area contributed by atoms with Crippen molar-refractivity contribution in [1.82, 2.24) is 9.97 Å². The zero-order chi connectivity index (χ0) is 26.4. The van der Waals surface area contributed by atoms with Crippen LogP contribution in [0.5, 0.6) is 5.75 Å². The summed E-state index contributed by atoms with van der Waals surface area (Å²) in [6.45, 7) is -0.246. The Hall–Kier alpha value is -3.74. The van der Waals surface area contributed by atoms with E-state index in [2.05, 4.69) is 15.3 Å². The molecule has 0 saturated carbocycles. The molecule has 9 nitrogen and oxygen atoms in total. The maximum absolute atomic E-state index is 13.1. The Bertz CT molecular complexity index is 1320. The highest BCUT2D eigenvalue weighted by Gasteiger charge is 2.55. The number of nitrogens with one attached hydrogen (secondary N) is 1. The number of fused-ring (bicyclic) bond motifs is 1. The lowest BCUT2D eigenvalue weighted by molar-refractivity contribution is -0.252. The number of aliphatic hydroxyl groups is 2. The molecule has 1 unspecified atom stereocenters. The minimum Gasteiger partial charge on any atom is -0.478 e. The fraction of sp³-hybridized carbons (Fsp3) is 0.320. The molecule has 2 aliphatic heterocycles. The van der Waals surface area contributed by atoms with E-state index in [-0.39, 0.29) is 24.4 Å². The van der Waals surface area contributed by atoms with Gasteiger partial charge in [-0.05, 0) is 35.7 Å². The monoisotopic (exact) mass is 517 g/mol. The lowest BCUT2D eigenvalue weighted by Gasteiger charge is -2.45. The molecule has 4 N–H and O–H groups in total. The molecule has 2 aromatic carbocycles. The summed E-state index contributed by atoms with van der Waals surface area (Å²) in [6.07, 6.45) is -5.14. The van der Waals surface area contributed by atoms with Gasteiger partial charge in [-0.2, -0.15) is 13.2 Å². The summed E-state index contributed by atoms with van der Waals surface area (Å²) in [6, 6.07) is 10.8. The molecule has 37 heavy (non-hydrogen) atoms. The van der Waals surface area contributed by atoms with Gasteiger partial charge in [0.15, 0.2) is 5.69 Å². The molecule has 0 radical (unpaired) electrons. The number of aliphatic hydroxyl groups excluding tert-OH is 2. The third-order valence-electron chi connectivity index (χ3n) is 6.39. The quantitative estimate of drug-likeness (QED) is 0.403. The second-order valence-corrected chi connectivity index (χ2v) is 8.99. The van der Waals surface area contributed by atoms with Crippen molar-refractivity contribution < 1.29 is 42.8 Å². The van der Waals surface area contributed by atoms with Crippen LogP contribution in [0, 0.1) is 0 Å². The van der Waals surface area contributed by atoms with Gasteiger partial charge in [-0.15, -0.1) is 0 Å². The zero-order valence-corrected chi connectivity index (χ0v) is 19.1. The van der Waals surface area contributed by atoms with Crippen molar-refractivity contribution in [3.8, 4) is 5.75 Å². The predicted octanol–water partition coefficient (Wildman–Crippen LogP) is 2.65. The molecule has 12 heteroatoms. The van der Waals surface area contributed by atoms with Gasteiger partial charge in [-0.1, -0.05) is 24.3 Å². The Kier molecular flexibility index (Phi) is 6.26. The van der Waals surface area contributed by atoms with Crippen LogP contribution >= 0.6 is 0 Å². The minimum atomic E-state index is -4.71. The van der Waals surface area contributed by atoms with E-state index in [0.717, 1.165) is 22.9 Å². The molecular weight excluding hydrogens is 495 g/mol. The first-order valence-electron chi connectivity index (χ1n) is 11.3. The van der Waals surface area contributed by atoms with E-state index >= 15 is 0 Å². The van der Waals surface area contributed by atoms with Crippen LogP contribution in [0.3, 0.4) is 0 Å². The molecule has 0 bridgehead atoms. The maximum Gasteiger partial charge on any atom is 0.434 e. The third-order valence-corrected chi connectivity index (χ3v) is 6.39. The van der Waals surface area contributed by atoms with E-state index in [1.54, 1.807) is 18.2 Å². The first kappa shape index (κ1) is 24.9. The van der Waals surface area contributed by atoms with Crippen LogP contribution < -0.4 is 10.1 Å².